The highest BCUT2D eigenvalue weighted by molar-refractivity contribution is 14.1. The Morgan fingerprint density at radius 1 is 1.50 bits per heavy atom. The van der Waals surface area contributed by atoms with Crippen molar-refractivity contribution in [1.82, 2.24) is 0 Å². The summed E-state index contributed by atoms with van der Waals surface area (Å²) < 4.78 is 1.20. The molecule has 0 aromatic heterocycles. The minimum Gasteiger partial charge on any atom is -0.388 e. The van der Waals surface area contributed by atoms with Gasteiger partial charge >= 0.3 is 0 Å². The molecule has 1 N–H and O–H groups in total. The summed E-state index contributed by atoms with van der Waals surface area (Å²) in [5.74, 6) is 1.04. The van der Waals surface area contributed by atoms with Crippen molar-refractivity contribution in [3.05, 3.63) is 27.3 Å². The Kier molecular flexibility index (Phi) is 2.62. The fourth-order valence-electron chi connectivity index (χ4n) is 1.35. The molecule has 64 valence electrons. The Morgan fingerprint density at radius 2 is 2.33 bits per heavy atom. The molecule has 0 fully saturated rings. The summed E-state index contributed by atoms with van der Waals surface area (Å²) in [5.41, 5.74) is 1.11. The third-order valence-corrected chi connectivity index (χ3v) is 3.77. The molecule has 12 heavy (non-hydrogen) atoms. The molecule has 0 bridgehead atoms. The second-order valence-corrected chi connectivity index (χ2v) is 5.22. The maximum Gasteiger partial charge on any atom is 0.0809 e. The molecule has 1 nitrogen and oxygen atoms in total. The maximum atomic E-state index is 9.67. The zero-order valence-electron chi connectivity index (χ0n) is 6.46. The molecule has 1 aromatic rings. The normalized spacial score (nSPS) is 22.0. The van der Waals surface area contributed by atoms with E-state index >= 15 is 0 Å². The molecule has 1 heterocycles. The predicted octanol–water partition coefficient (Wildman–Crippen LogP) is 2.82. The molecule has 1 aliphatic rings. The Hall–Kier alpha value is 0.260. The summed E-state index contributed by atoms with van der Waals surface area (Å²) in [4.78, 5) is 1.24. The van der Waals surface area contributed by atoms with Crippen LogP contribution in [0.15, 0.2) is 23.1 Å². The van der Waals surface area contributed by atoms with E-state index < -0.39 is 0 Å². The summed E-state index contributed by atoms with van der Waals surface area (Å²) in [6.45, 7) is 0. The molecule has 1 aromatic carbocycles. The first-order valence-electron chi connectivity index (χ1n) is 3.87. The second-order valence-electron chi connectivity index (χ2n) is 2.84. The van der Waals surface area contributed by atoms with E-state index in [4.69, 9.17) is 0 Å². The lowest BCUT2D eigenvalue weighted by Gasteiger charge is -2.20. The standard InChI is InChI=1S/C9H9IOS/c10-6-1-2-9-7(5-6)8(11)3-4-12-9/h1-2,5,8,11H,3-4H2. The largest absolute Gasteiger partial charge is 0.388 e. The highest BCUT2D eigenvalue weighted by Gasteiger charge is 2.17. The van der Waals surface area contributed by atoms with E-state index in [1.54, 1.807) is 0 Å². The van der Waals surface area contributed by atoms with E-state index in [9.17, 15) is 5.11 Å². The van der Waals surface area contributed by atoms with Crippen LogP contribution < -0.4 is 0 Å². The van der Waals surface area contributed by atoms with Crippen molar-refractivity contribution in [1.29, 1.82) is 0 Å². The number of fused-ring (bicyclic) bond motifs is 1. The first kappa shape index (κ1) is 8.84. The van der Waals surface area contributed by atoms with Gasteiger partial charge in [0, 0.05) is 14.2 Å². The van der Waals surface area contributed by atoms with Gasteiger partial charge in [-0.2, -0.15) is 0 Å². The van der Waals surface area contributed by atoms with Crippen LogP contribution >= 0.6 is 34.4 Å². The fourth-order valence-corrected chi connectivity index (χ4v) is 2.95. The monoisotopic (exact) mass is 292 g/mol. The van der Waals surface area contributed by atoms with E-state index in [0.29, 0.717) is 0 Å². The maximum absolute atomic E-state index is 9.67. The van der Waals surface area contributed by atoms with Crippen molar-refractivity contribution in [2.45, 2.75) is 17.4 Å². The van der Waals surface area contributed by atoms with Crippen molar-refractivity contribution < 1.29 is 5.11 Å². The number of halogens is 1. The van der Waals surface area contributed by atoms with E-state index in [0.717, 1.165) is 17.7 Å². The topological polar surface area (TPSA) is 20.2 Å². The van der Waals surface area contributed by atoms with Gasteiger partial charge in [0.1, 0.15) is 0 Å². The number of benzene rings is 1. The molecule has 0 aliphatic carbocycles. The Balaban J connectivity index is 2.47. The van der Waals surface area contributed by atoms with Crippen molar-refractivity contribution >= 4 is 34.4 Å². The minimum atomic E-state index is -0.240. The molecular formula is C9H9IOS. The quantitative estimate of drug-likeness (QED) is 0.742. The summed E-state index contributed by atoms with van der Waals surface area (Å²) in [6.07, 6.45) is 0.647. The van der Waals surface area contributed by atoms with Crippen LogP contribution in [0.2, 0.25) is 0 Å². The molecule has 2 rings (SSSR count). The highest BCUT2D eigenvalue weighted by atomic mass is 127. The van der Waals surface area contributed by atoms with Crippen molar-refractivity contribution in [3.8, 4) is 0 Å². The van der Waals surface area contributed by atoms with E-state index in [-0.39, 0.29) is 6.10 Å². The lowest BCUT2D eigenvalue weighted by Crippen LogP contribution is -2.06. The van der Waals surface area contributed by atoms with E-state index in [1.165, 1.54) is 8.47 Å². The van der Waals surface area contributed by atoms with Crippen LogP contribution in [0.5, 0.6) is 0 Å². The van der Waals surface area contributed by atoms with Crippen molar-refractivity contribution in [2.24, 2.45) is 0 Å². The van der Waals surface area contributed by atoms with Crippen LogP contribution in [0.1, 0.15) is 18.1 Å². The number of rotatable bonds is 0. The third kappa shape index (κ3) is 1.63. The van der Waals surface area contributed by atoms with Crippen LogP contribution in [0.4, 0.5) is 0 Å². The van der Waals surface area contributed by atoms with Gasteiger partial charge in [-0.1, -0.05) is 0 Å². The average Bonchev–Trinajstić information content (AvgIpc) is 2.07. The van der Waals surface area contributed by atoms with Crippen LogP contribution in [0.25, 0.3) is 0 Å². The van der Waals surface area contributed by atoms with Crippen LogP contribution in [-0.2, 0) is 0 Å². The zero-order chi connectivity index (χ0) is 8.55. The molecule has 0 saturated carbocycles. The third-order valence-electron chi connectivity index (χ3n) is 1.98. The molecular weight excluding hydrogens is 283 g/mol. The van der Waals surface area contributed by atoms with Gasteiger partial charge in [0.2, 0.25) is 0 Å². The fraction of sp³-hybridized carbons (Fsp3) is 0.333. The smallest absolute Gasteiger partial charge is 0.0809 e. The van der Waals surface area contributed by atoms with Gasteiger partial charge in [-0.25, -0.2) is 0 Å². The molecule has 1 atom stereocenters. The number of hydrogen-bond donors (Lipinski definition) is 1. The molecule has 1 aliphatic heterocycles. The predicted molar refractivity (Wildman–Crippen MR) is 59.5 cm³/mol. The summed E-state index contributed by atoms with van der Waals surface area (Å²) in [5, 5.41) is 9.67. The molecule has 0 amide bonds. The van der Waals surface area contributed by atoms with Gasteiger partial charge in [0.25, 0.3) is 0 Å². The molecule has 3 heteroatoms. The van der Waals surface area contributed by atoms with Gasteiger partial charge < -0.3 is 5.11 Å². The first-order chi connectivity index (χ1) is 5.77. The highest BCUT2D eigenvalue weighted by Crippen LogP contribution is 2.36. The SMILES string of the molecule is OC1CCSc2ccc(I)cc21. The molecule has 0 radical (unpaired) electrons. The summed E-state index contributed by atoms with van der Waals surface area (Å²) >= 11 is 4.11. The lowest BCUT2D eigenvalue weighted by atomic mass is 10.1. The summed E-state index contributed by atoms with van der Waals surface area (Å²) in [7, 11) is 0. The van der Waals surface area contributed by atoms with Crippen molar-refractivity contribution in [2.75, 3.05) is 5.75 Å². The van der Waals surface area contributed by atoms with E-state index in [2.05, 4.69) is 40.8 Å². The van der Waals surface area contributed by atoms with Gasteiger partial charge in [0.15, 0.2) is 0 Å². The van der Waals surface area contributed by atoms with Crippen LogP contribution in [0.3, 0.4) is 0 Å². The molecule has 0 saturated heterocycles. The van der Waals surface area contributed by atoms with Crippen LogP contribution in [0, 0.1) is 3.57 Å². The Bertz CT molecular complexity index is 301. The average molecular weight is 292 g/mol. The van der Waals surface area contributed by atoms with Gasteiger partial charge in [0.05, 0.1) is 6.10 Å². The Morgan fingerprint density at radius 3 is 3.17 bits per heavy atom. The van der Waals surface area contributed by atoms with Crippen LogP contribution in [-0.4, -0.2) is 10.9 Å². The lowest BCUT2D eigenvalue weighted by molar-refractivity contribution is 0.170. The number of aliphatic hydroxyl groups is 1. The number of aliphatic hydroxyl groups excluding tert-OH is 1. The van der Waals surface area contributed by atoms with Crippen molar-refractivity contribution in [3.63, 3.8) is 0 Å². The second kappa shape index (κ2) is 3.55. The molecule has 0 spiro atoms. The zero-order valence-corrected chi connectivity index (χ0v) is 9.43. The first-order valence-corrected chi connectivity index (χ1v) is 5.94. The van der Waals surface area contributed by atoms with E-state index in [1.807, 2.05) is 11.8 Å². The van der Waals surface area contributed by atoms with Gasteiger partial charge in [-0.15, -0.1) is 11.8 Å². The van der Waals surface area contributed by atoms with Gasteiger partial charge in [-0.3, -0.25) is 0 Å². The molecule has 1 unspecified atom stereocenters. The Labute approximate surface area is 89.7 Å². The summed E-state index contributed by atoms with van der Waals surface area (Å²) in [6, 6.07) is 6.27. The number of thioether (sulfide) groups is 1. The van der Waals surface area contributed by atoms with Gasteiger partial charge in [-0.05, 0) is 52.8 Å². The minimum absolute atomic E-state index is 0.240. The number of hydrogen-bond acceptors (Lipinski definition) is 2.